The predicted molar refractivity (Wildman–Crippen MR) is 97.8 cm³/mol. The van der Waals surface area contributed by atoms with Crippen molar-refractivity contribution in [2.75, 3.05) is 12.3 Å². The predicted octanol–water partition coefficient (Wildman–Crippen LogP) is 0.751. The third-order valence-corrected chi connectivity index (χ3v) is 9.28. The lowest BCUT2D eigenvalue weighted by Gasteiger charge is -2.72. The normalized spacial score (nSPS) is 35.1. The molecule has 4 heterocycles. The zero-order chi connectivity index (χ0) is 18.8. The second kappa shape index (κ2) is 6.02. The first-order chi connectivity index (χ1) is 12.9. The lowest BCUT2D eigenvalue weighted by molar-refractivity contribution is -0.176. The molecule has 5 rings (SSSR count). The van der Waals surface area contributed by atoms with Crippen molar-refractivity contribution in [3.05, 3.63) is 17.5 Å². The van der Waals surface area contributed by atoms with Gasteiger partial charge in [-0.2, -0.15) is 0 Å². The molecule has 0 radical (unpaired) electrons. The van der Waals surface area contributed by atoms with Gasteiger partial charge >= 0.3 is 0 Å². The van der Waals surface area contributed by atoms with Gasteiger partial charge in [0.25, 0.3) is 5.91 Å². The average Bonchev–Trinajstić information content (AvgIpc) is 3.32. The fraction of sp³-hybridized carbons (Fsp3) is 0.778. The van der Waals surface area contributed by atoms with E-state index >= 15 is 0 Å². The number of carbonyl (C=O) groups excluding carboxylic acids is 1. The molecule has 0 aromatic carbocycles. The highest BCUT2D eigenvalue weighted by molar-refractivity contribution is 7.92. The number of piperidine rings is 2. The van der Waals surface area contributed by atoms with Gasteiger partial charge in [-0.05, 0) is 51.5 Å². The summed E-state index contributed by atoms with van der Waals surface area (Å²) >= 11 is 0. The minimum atomic E-state index is -3.14. The Bertz CT molecular complexity index is 846. The number of nitrogens with zero attached hydrogens (tertiary/aromatic N) is 2. The van der Waals surface area contributed by atoms with Crippen molar-refractivity contribution in [3.63, 3.8) is 0 Å². The molecule has 4 aliphatic rings. The summed E-state index contributed by atoms with van der Waals surface area (Å²) in [5.41, 5.74) is 5.83. The maximum Gasteiger partial charge on any atom is 0.273 e. The summed E-state index contributed by atoms with van der Waals surface area (Å²) in [5.74, 6) is 1.22. The Balaban J connectivity index is 1.20. The van der Waals surface area contributed by atoms with Crippen molar-refractivity contribution in [2.45, 2.75) is 73.9 Å². The van der Waals surface area contributed by atoms with Gasteiger partial charge in [-0.15, -0.1) is 0 Å². The summed E-state index contributed by atoms with van der Waals surface area (Å²) < 4.78 is 30.7. The van der Waals surface area contributed by atoms with Crippen LogP contribution >= 0.6 is 0 Å². The molecular weight excluding hydrogens is 368 g/mol. The number of carbonyl (C=O) groups is 1. The lowest BCUT2D eigenvalue weighted by Crippen LogP contribution is -2.84. The zero-order valence-corrected chi connectivity index (χ0v) is 16.1. The Morgan fingerprint density at radius 1 is 1.33 bits per heavy atom. The number of hydrogen-bond acceptors (Lipinski definition) is 7. The van der Waals surface area contributed by atoms with E-state index in [1.54, 1.807) is 6.07 Å². The van der Waals surface area contributed by atoms with Crippen molar-refractivity contribution in [1.29, 1.82) is 0 Å². The highest BCUT2D eigenvalue weighted by Crippen LogP contribution is 2.59. The maximum absolute atomic E-state index is 12.7. The number of rotatable bonds is 7. The van der Waals surface area contributed by atoms with Gasteiger partial charge in [-0.1, -0.05) is 5.16 Å². The average molecular weight is 394 g/mol. The molecule has 0 spiro atoms. The molecule has 148 valence electrons. The van der Waals surface area contributed by atoms with Crippen LogP contribution in [0.1, 0.15) is 67.1 Å². The Morgan fingerprint density at radius 3 is 2.67 bits per heavy atom. The van der Waals surface area contributed by atoms with Gasteiger partial charge in [0.2, 0.25) is 0 Å². The number of nitrogens with two attached hydrogens (primary N) is 1. The third-order valence-electron chi connectivity index (χ3n) is 6.75. The third kappa shape index (κ3) is 2.66. The number of hydrogen-bond donors (Lipinski definition) is 2. The molecule has 1 aromatic heterocycles. The van der Waals surface area contributed by atoms with Gasteiger partial charge in [-0.25, -0.2) is 8.42 Å². The SMILES string of the molecule is NCCCS(=O)(=O)C12CC3CC(NC(=O)c4cc(C5CC5)on4)CC(C1)N32. The summed E-state index contributed by atoms with van der Waals surface area (Å²) in [5, 5.41) is 6.98. The van der Waals surface area contributed by atoms with Crippen molar-refractivity contribution in [3.8, 4) is 0 Å². The standard InChI is InChI=1S/C18H26N4O4S/c19-4-1-5-27(24,25)18-9-13-6-12(7-14(10-18)22(13)18)20-17(23)15-8-16(26-21-15)11-2-3-11/h8,11-14H,1-7,9-10,19H2,(H,20,23). The molecule has 1 aliphatic carbocycles. The van der Waals surface area contributed by atoms with E-state index in [1.807, 2.05) is 0 Å². The van der Waals surface area contributed by atoms with E-state index < -0.39 is 14.7 Å². The summed E-state index contributed by atoms with van der Waals surface area (Å²) in [4.78, 5) is 14.0. The van der Waals surface area contributed by atoms with Crippen LogP contribution in [0.25, 0.3) is 0 Å². The smallest absolute Gasteiger partial charge is 0.273 e. The van der Waals surface area contributed by atoms with Crippen LogP contribution in [-0.4, -0.2) is 59.7 Å². The summed E-state index contributed by atoms with van der Waals surface area (Å²) in [6.45, 7) is 0.404. The van der Waals surface area contributed by atoms with Crippen LogP contribution in [0.2, 0.25) is 0 Å². The van der Waals surface area contributed by atoms with Crippen LogP contribution in [-0.2, 0) is 9.84 Å². The van der Waals surface area contributed by atoms with Crippen LogP contribution in [0, 0.1) is 0 Å². The fourth-order valence-corrected chi connectivity index (χ4v) is 7.76. The molecule has 3 saturated heterocycles. The minimum absolute atomic E-state index is 0.0647. The first kappa shape index (κ1) is 17.6. The van der Waals surface area contributed by atoms with Crippen LogP contribution in [0.15, 0.2) is 10.6 Å². The quantitative estimate of drug-likeness (QED) is 0.700. The highest BCUT2D eigenvalue weighted by atomic mass is 32.2. The number of sulfone groups is 1. The Hall–Kier alpha value is -1.45. The second-order valence-corrected chi connectivity index (χ2v) is 11.0. The van der Waals surface area contributed by atoms with E-state index in [0.29, 0.717) is 37.4 Å². The van der Waals surface area contributed by atoms with E-state index in [1.165, 1.54) is 0 Å². The summed E-state index contributed by atoms with van der Waals surface area (Å²) in [6.07, 6.45) is 5.68. The maximum atomic E-state index is 12.7. The topological polar surface area (TPSA) is 119 Å². The molecule has 2 unspecified atom stereocenters. The molecular formula is C18H26N4O4S. The fourth-order valence-electron chi connectivity index (χ4n) is 5.32. The van der Waals surface area contributed by atoms with E-state index in [-0.39, 0.29) is 29.8 Å². The molecule has 4 fully saturated rings. The Morgan fingerprint density at radius 2 is 2.04 bits per heavy atom. The molecule has 1 saturated carbocycles. The van der Waals surface area contributed by atoms with E-state index in [0.717, 1.165) is 31.4 Å². The molecule has 2 atom stereocenters. The minimum Gasteiger partial charge on any atom is -0.360 e. The lowest BCUT2D eigenvalue weighted by atomic mass is 9.67. The van der Waals surface area contributed by atoms with Gasteiger partial charge in [0.05, 0.1) is 5.75 Å². The Labute approximate surface area is 158 Å². The molecule has 1 amide bonds. The number of amides is 1. The van der Waals surface area contributed by atoms with Gasteiger partial charge in [0.1, 0.15) is 10.6 Å². The first-order valence-electron chi connectivity index (χ1n) is 9.92. The highest BCUT2D eigenvalue weighted by Gasteiger charge is 2.70. The summed E-state index contributed by atoms with van der Waals surface area (Å²) in [6, 6.07) is 2.31. The van der Waals surface area contributed by atoms with Crippen molar-refractivity contribution in [2.24, 2.45) is 5.73 Å². The largest absolute Gasteiger partial charge is 0.360 e. The molecule has 8 nitrogen and oxygen atoms in total. The molecule has 1 aromatic rings. The molecule has 3 N–H and O–H groups in total. The van der Waals surface area contributed by atoms with Gasteiger partial charge < -0.3 is 15.6 Å². The number of aromatic nitrogens is 1. The van der Waals surface area contributed by atoms with Gasteiger partial charge in [-0.3, -0.25) is 9.69 Å². The van der Waals surface area contributed by atoms with Crippen LogP contribution in [0.5, 0.6) is 0 Å². The van der Waals surface area contributed by atoms with Crippen LogP contribution in [0.3, 0.4) is 0 Å². The van der Waals surface area contributed by atoms with Crippen LogP contribution in [0.4, 0.5) is 0 Å². The van der Waals surface area contributed by atoms with Gasteiger partial charge in [0.15, 0.2) is 15.5 Å². The monoisotopic (exact) mass is 394 g/mol. The second-order valence-electron chi connectivity index (χ2n) is 8.56. The molecule has 9 heteroatoms. The van der Waals surface area contributed by atoms with Crippen molar-refractivity contribution in [1.82, 2.24) is 15.4 Å². The molecule has 27 heavy (non-hydrogen) atoms. The van der Waals surface area contributed by atoms with Crippen LogP contribution < -0.4 is 11.1 Å². The van der Waals surface area contributed by atoms with E-state index in [4.69, 9.17) is 10.3 Å². The Kier molecular flexibility index (Phi) is 3.93. The van der Waals surface area contributed by atoms with E-state index in [9.17, 15) is 13.2 Å². The molecule has 0 bridgehead atoms. The van der Waals surface area contributed by atoms with Crippen molar-refractivity contribution >= 4 is 15.7 Å². The first-order valence-corrected chi connectivity index (χ1v) is 11.6. The van der Waals surface area contributed by atoms with Crippen molar-refractivity contribution < 1.29 is 17.7 Å². The van der Waals surface area contributed by atoms with Gasteiger partial charge in [0, 0.05) is 30.1 Å². The number of nitrogens with one attached hydrogen (secondary N) is 1. The summed E-state index contributed by atoms with van der Waals surface area (Å²) in [7, 11) is -3.14. The molecule has 3 aliphatic heterocycles. The zero-order valence-electron chi connectivity index (χ0n) is 15.3. The van der Waals surface area contributed by atoms with E-state index in [2.05, 4.69) is 15.4 Å².